The SMILES string of the molecule is CSCC(=O)N[C@@H](Cc1ccc(SC)c(C(C)=O)c1OC(=O)OC(C)(C)C)B1OC2CC3CC(C3(C)C)[C@]2(C)O1. The lowest BCUT2D eigenvalue weighted by atomic mass is 9.43. The number of hydrogen-bond acceptors (Lipinski definition) is 9. The first-order chi connectivity index (χ1) is 18.6. The van der Waals surface area contributed by atoms with Gasteiger partial charge in [0.15, 0.2) is 5.78 Å². The predicted octanol–water partition coefficient (Wildman–Crippen LogP) is 5.58. The van der Waals surface area contributed by atoms with Crippen molar-refractivity contribution in [1.82, 2.24) is 5.32 Å². The molecule has 1 aliphatic heterocycles. The number of carbonyl (C=O) groups excluding carboxylic acids is 3. The Bertz CT molecular complexity index is 1170. The first kappa shape index (κ1) is 31.3. The second-order valence-corrected chi connectivity index (χ2v) is 14.6. The quantitative estimate of drug-likeness (QED) is 0.130. The van der Waals surface area contributed by atoms with Crippen LogP contribution in [0.3, 0.4) is 0 Å². The van der Waals surface area contributed by atoms with Crippen molar-refractivity contribution in [2.75, 3.05) is 18.3 Å². The van der Waals surface area contributed by atoms with Gasteiger partial charge in [0, 0.05) is 4.90 Å². The molecule has 5 atom stereocenters. The molecule has 3 aliphatic carbocycles. The molecule has 40 heavy (non-hydrogen) atoms. The zero-order chi connectivity index (χ0) is 29.6. The number of Topliss-reactive ketones (excluding diaryl/α,β-unsaturated/α-hetero) is 1. The van der Waals surface area contributed by atoms with Crippen molar-refractivity contribution in [3.8, 4) is 5.75 Å². The van der Waals surface area contributed by atoms with Crippen LogP contribution in [-0.2, 0) is 25.3 Å². The normalized spacial score (nSPS) is 27.3. The molecule has 4 fully saturated rings. The summed E-state index contributed by atoms with van der Waals surface area (Å²) in [5.74, 6) is 0.442. The van der Waals surface area contributed by atoms with Crippen LogP contribution in [0.15, 0.2) is 17.0 Å². The summed E-state index contributed by atoms with van der Waals surface area (Å²) in [6.45, 7) is 13.4. The summed E-state index contributed by atoms with van der Waals surface area (Å²) in [5, 5.41) is 3.11. The van der Waals surface area contributed by atoms with Crippen LogP contribution in [0.5, 0.6) is 5.75 Å². The van der Waals surface area contributed by atoms with Crippen LogP contribution in [0.4, 0.5) is 4.79 Å². The van der Waals surface area contributed by atoms with Gasteiger partial charge in [-0.3, -0.25) is 9.59 Å². The number of carbonyl (C=O) groups is 3. The van der Waals surface area contributed by atoms with Gasteiger partial charge in [-0.15, -0.1) is 11.8 Å². The van der Waals surface area contributed by atoms with Crippen molar-refractivity contribution in [3.05, 3.63) is 23.3 Å². The maximum absolute atomic E-state index is 12.9. The zero-order valence-corrected chi connectivity index (χ0v) is 26.7. The summed E-state index contributed by atoms with van der Waals surface area (Å²) in [4.78, 5) is 39.2. The fraction of sp³-hybridized carbons (Fsp3) is 0.690. The second-order valence-electron chi connectivity index (χ2n) is 12.9. The molecule has 5 rings (SSSR count). The van der Waals surface area contributed by atoms with E-state index in [9.17, 15) is 14.4 Å². The van der Waals surface area contributed by atoms with Crippen LogP contribution in [0, 0.1) is 17.3 Å². The van der Waals surface area contributed by atoms with E-state index in [-0.39, 0.29) is 41.1 Å². The van der Waals surface area contributed by atoms with Gasteiger partial charge in [0.2, 0.25) is 5.91 Å². The Hall–Kier alpha value is -1.69. The minimum Gasteiger partial charge on any atom is -0.428 e. The van der Waals surface area contributed by atoms with Crippen molar-refractivity contribution >= 4 is 48.5 Å². The summed E-state index contributed by atoms with van der Waals surface area (Å²) >= 11 is 2.82. The Kier molecular flexibility index (Phi) is 9.01. The molecule has 8 nitrogen and oxygen atoms in total. The van der Waals surface area contributed by atoms with Gasteiger partial charge in [-0.25, -0.2) is 4.79 Å². The molecule has 0 spiro atoms. The van der Waals surface area contributed by atoms with Gasteiger partial charge < -0.3 is 24.1 Å². The van der Waals surface area contributed by atoms with E-state index in [1.807, 2.05) is 24.6 Å². The number of amides is 1. The molecule has 1 N–H and O–H groups in total. The van der Waals surface area contributed by atoms with Gasteiger partial charge in [0.05, 0.1) is 29.0 Å². The van der Waals surface area contributed by atoms with Crippen LogP contribution < -0.4 is 10.1 Å². The summed E-state index contributed by atoms with van der Waals surface area (Å²) < 4.78 is 24.4. The first-order valence-electron chi connectivity index (χ1n) is 13.8. The summed E-state index contributed by atoms with van der Waals surface area (Å²) in [6.07, 6.45) is 5.05. The highest BCUT2D eigenvalue weighted by molar-refractivity contribution is 7.99. The third-order valence-electron chi connectivity index (χ3n) is 8.71. The van der Waals surface area contributed by atoms with Crippen molar-refractivity contribution < 1.29 is 33.2 Å². The lowest BCUT2D eigenvalue weighted by Crippen LogP contribution is -2.65. The standard InChI is InChI=1S/C29H42BNO7S2/c1-16(32)24-19(40-9)11-10-17(25(24)35-26(34)36-27(2,3)4)12-22(31-23(33)15-39-8)30-37-21-14-18-13-20(28(18,5)6)29(21,7)38-30/h10-11,18,20-22H,12-15H2,1-9H3,(H,31,33)/t18?,20?,21?,22-,29-/m0/s1. The van der Waals surface area contributed by atoms with E-state index in [1.165, 1.54) is 30.4 Å². The average molecular weight is 592 g/mol. The largest absolute Gasteiger partial charge is 0.514 e. The van der Waals surface area contributed by atoms with Gasteiger partial charge in [-0.2, -0.15) is 11.8 Å². The van der Waals surface area contributed by atoms with Gasteiger partial charge in [0.25, 0.3) is 0 Å². The van der Waals surface area contributed by atoms with E-state index in [2.05, 4.69) is 26.1 Å². The molecular weight excluding hydrogens is 549 g/mol. The highest BCUT2D eigenvalue weighted by Crippen LogP contribution is 2.65. The Morgan fingerprint density at radius 3 is 2.45 bits per heavy atom. The zero-order valence-electron chi connectivity index (χ0n) is 25.0. The Morgan fingerprint density at radius 1 is 1.18 bits per heavy atom. The number of ether oxygens (including phenoxy) is 2. The van der Waals surface area contributed by atoms with Crippen LogP contribution in [0.1, 0.15) is 77.2 Å². The highest BCUT2D eigenvalue weighted by Gasteiger charge is 2.68. The monoisotopic (exact) mass is 591 g/mol. The molecule has 0 aromatic heterocycles. The number of rotatable bonds is 9. The average Bonchev–Trinajstić information content (AvgIpc) is 3.20. The third-order valence-corrected chi connectivity index (χ3v) is 10.0. The second kappa shape index (κ2) is 11.5. The summed E-state index contributed by atoms with van der Waals surface area (Å²) in [7, 11) is -0.689. The molecule has 1 heterocycles. The van der Waals surface area contributed by atoms with Crippen molar-refractivity contribution in [3.63, 3.8) is 0 Å². The van der Waals surface area contributed by atoms with Crippen LogP contribution in [0.25, 0.3) is 0 Å². The molecular formula is C29H42BNO7S2. The number of benzene rings is 1. The van der Waals surface area contributed by atoms with Gasteiger partial charge in [-0.05, 0) is 95.3 Å². The van der Waals surface area contributed by atoms with E-state index in [0.717, 1.165) is 12.8 Å². The maximum atomic E-state index is 12.9. The van der Waals surface area contributed by atoms with E-state index in [4.69, 9.17) is 18.8 Å². The van der Waals surface area contributed by atoms with E-state index >= 15 is 0 Å². The third kappa shape index (κ3) is 6.08. The van der Waals surface area contributed by atoms with E-state index in [1.54, 1.807) is 20.8 Å². The molecule has 2 bridgehead atoms. The topological polar surface area (TPSA) is 100 Å². The fourth-order valence-electron chi connectivity index (χ4n) is 6.65. The minimum absolute atomic E-state index is 0.0571. The first-order valence-corrected chi connectivity index (χ1v) is 16.5. The molecule has 1 aromatic carbocycles. The summed E-state index contributed by atoms with van der Waals surface area (Å²) in [6, 6.07) is 3.67. The van der Waals surface area contributed by atoms with Crippen LogP contribution in [-0.4, -0.2) is 66.5 Å². The van der Waals surface area contributed by atoms with Crippen molar-refractivity contribution in [2.45, 2.75) is 95.9 Å². The van der Waals surface area contributed by atoms with Crippen LogP contribution >= 0.6 is 23.5 Å². The molecule has 11 heteroatoms. The fourth-order valence-corrected chi connectivity index (χ4v) is 7.64. The lowest BCUT2D eigenvalue weighted by molar-refractivity contribution is -0.199. The number of ketones is 1. The van der Waals surface area contributed by atoms with E-state index in [0.29, 0.717) is 27.9 Å². The maximum Gasteiger partial charge on any atom is 0.514 e. The molecule has 0 radical (unpaired) electrons. The van der Waals surface area contributed by atoms with Gasteiger partial charge in [-0.1, -0.05) is 19.9 Å². The highest BCUT2D eigenvalue weighted by atomic mass is 32.2. The number of thioether (sulfide) groups is 2. The predicted molar refractivity (Wildman–Crippen MR) is 159 cm³/mol. The number of hydrogen-bond donors (Lipinski definition) is 1. The molecule has 4 aliphatic rings. The molecule has 3 unspecified atom stereocenters. The van der Waals surface area contributed by atoms with Gasteiger partial charge in [0.1, 0.15) is 11.4 Å². The molecule has 1 amide bonds. The Morgan fingerprint density at radius 2 is 1.88 bits per heavy atom. The molecule has 220 valence electrons. The number of nitrogens with one attached hydrogen (secondary N) is 1. The Balaban J connectivity index is 1.69. The van der Waals surface area contributed by atoms with Crippen molar-refractivity contribution in [2.24, 2.45) is 17.3 Å². The van der Waals surface area contributed by atoms with E-state index < -0.39 is 30.4 Å². The Labute approximate surface area is 246 Å². The van der Waals surface area contributed by atoms with Crippen molar-refractivity contribution in [1.29, 1.82) is 0 Å². The molecule has 3 saturated carbocycles. The smallest absolute Gasteiger partial charge is 0.428 e. The molecule has 1 aromatic rings. The van der Waals surface area contributed by atoms with Crippen LogP contribution in [0.2, 0.25) is 0 Å². The lowest BCUT2D eigenvalue weighted by Gasteiger charge is -2.64. The molecule has 1 saturated heterocycles. The summed E-state index contributed by atoms with van der Waals surface area (Å²) in [5.41, 5.74) is -0.152. The minimum atomic E-state index is -0.897. The van der Waals surface area contributed by atoms with Gasteiger partial charge >= 0.3 is 13.3 Å².